The molecule has 1 aliphatic heterocycles. The summed E-state index contributed by atoms with van der Waals surface area (Å²) in [6, 6.07) is 19.5. The number of carbonyl (C=O) groups excluding carboxylic acids is 1. The number of nitrogens with one attached hydrogen (secondary N) is 1. The van der Waals surface area contributed by atoms with Gasteiger partial charge in [-0.25, -0.2) is 0 Å². The third-order valence-electron chi connectivity index (χ3n) is 5.85. The molecule has 1 unspecified atom stereocenters. The quantitative estimate of drug-likeness (QED) is 0.727. The summed E-state index contributed by atoms with van der Waals surface area (Å²) in [6.45, 7) is 10.9. The number of benzene rings is 2. The molecule has 5 nitrogen and oxygen atoms in total. The highest BCUT2D eigenvalue weighted by molar-refractivity contribution is 5.76. The van der Waals surface area contributed by atoms with E-state index in [0.29, 0.717) is 13.0 Å². The van der Waals surface area contributed by atoms with E-state index < -0.39 is 0 Å². The number of carbonyl (C=O) groups is 1. The van der Waals surface area contributed by atoms with Crippen LogP contribution in [0, 0.1) is 5.41 Å². The van der Waals surface area contributed by atoms with E-state index in [4.69, 9.17) is 0 Å². The standard InChI is InChI=1S/C26H38N4O/c1-26(2,3)19-25(31)27-20-24(21-11-13-22(14-12-21)28(4)5)30-17-15-29(16-18-30)23-9-7-6-8-10-23/h6-14,24H,15-20H2,1-5H3,(H,27,31). The summed E-state index contributed by atoms with van der Waals surface area (Å²) in [4.78, 5) is 19.6. The van der Waals surface area contributed by atoms with Gasteiger partial charge in [-0.15, -0.1) is 0 Å². The Hall–Kier alpha value is -2.53. The van der Waals surface area contributed by atoms with Crippen molar-refractivity contribution in [2.24, 2.45) is 5.41 Å². The monoisotopic (exact) mass is 422 g/mol. The van der Waals surface area contributed by atoms with Gasteiger partial charge in [-0.2, -0.15) is 0 Å². The SMILES string of the molecule is CN(C)c1ccc(C(CNC(=O)CC(C)(C)C)N2CCN(c3ccccc3)CC2)cc1. The second kappa shape index (κ2) is 10.2. The molecule has 168 valence electrons. The number of anilines is 2. The van der Waals surface area contributed by atoms with Gasteiger partial charge < -0.3 is 15.1 Å². The lowest BCUT2D eigenvalue weighted by atomic mass is 9.92. The highest BCUT2D eigenvalue weighted by Crippen LogP contribution is 2.26. The van der Waals surface area contributed by atoms with Crippen LogP contribution in [0.2, 0.25) is 0 Å². The zero-order valence-corrected chi connectivity index (χ0v) is 19.8. The predicted molar refractivity (Wildman–Crippen MR) is 131 cm³/mol. The van der Waals surface area contributed by atoms with Crippen LogP contribution < -0.4 is 15.1 Å². The summed E-state index contributed by atoms with van der Waals surface area (Å²) >= 11 is 0. The van der Waals surface area contributed by atoms with E-state index in [1.54, 1.807) is 0 Å². The summed E-state index contributed by atoms with van der Waals surface area (Å²) in [7, 11) is 4.12. The van der Waals surface area contributed by atoms with Crippen LogP contribution in [0.25, 0.3) is 0 Å². The van der Waals surface area contributed by atoms with E-state index in [-0.39, 0.29) is 17.4 Å². The number of amides is 1. The summed E-state index contributed by atoms with van der Waals surface area (Å²) < 4.78 is 0. The highest BCUT2D eigenvalue weighted by atomic mass is 16.1. The van der Waals surface area contributed by atoms with Gasteiger partial charge in [-0.3, -0.25) is 9.69 Å². The van der Waals surface area contributed by atoms with Crippen LogP contribution in [0.5, 0.6) is 0 Å². The smallest absolute Gasteiger partial charge is 0.220 e. The van der Waals surface area contributed by atoms with Crippen LogP contribution in [0.1, 0.15) is 38.8 Å². The van der Waals surface area contributed by atoms with Gasteiger partial charge in [0.05, 0.1) is 6.04 Å². The lowest BCUT2D eigenvalue weighted by Crippen LogP contribution is -2.50. The van der Waals surface area contributed by atoms with E-state index >= 15 is 0 Å². The summed E-state index contributed by atoms with van der Waals surface area (Å²) in [5, 5.41) is 3.21. The predicted octanol–water partition coefficient (Wildman–Crippen LogP) is 4.17. The average Bonchev–Trinajstić information content (AvgIpc) is 2.74. The maximum absolute atomic E-state index is 12.5. The lowest BCUT2D eigenvalue weighted by Gasteiger charge is -2.40. The normalized spacial score (nSPS) is 16.1. The second-order valence-corrected chi connectivity index (χ2v) is 9.90. The zero-order valence-electron chi connectivity index (χ0n) is 19.8. The molecule has 1 heterocycles. The first-order valence-corrected chi connectivity index (χ1v) is 11.3. The molecule has 1 atom stereocenters. The van der Waals surface area contributed by atoms with Crippen LogP contribution in [0.15, 0.2) is 54.6 Å². The van der Waals surface area contributed by atoms with Gasteiger partial charge in [0, 0.05) is 64.6 Å². The fourth-order valence-electron chi connectivity index (χ4n) is 4.14. The van der Waals surface area contributed by atoms with Crippen molar-refractivity contribution >= 4 is 17.3 Å². The molecule has 31 heavy (non-hydrogen) atoms. The fraction of sp³-hybridized carbons (Fsp3) is 0.500. The average molecular weight is 423 g/mol. The van der Waals surface area contributed by atoms with Crippen molar-refractivity contribution < 1.29 is 4.79 Å². The second-order valence-electron chi connectivity index (χ2n) is 9.90. The molecule has 1 N–H and O–H groups in total. The molecular weight excluding hydrogens is 384 g/mol. The third-order valence-corrected chi connectivity index (χ3v) is 5.85. The Labute approximate surface area is 188 Å². The van der Waals surface area contributed by atoms with Gasteiger partial charge in [-0.05, 0) is 35.2 Å². The maximum atomic E-state index is 12.5. The summed E-state index contributed by atoms with van der Waals surface area (Å²) in [5.41, 5.74) is 3.73. The van der Waals surface area contributed by atoms with Crippen molar-refractivity contribution in [2.45, 2.75) is 33.2 Å². The minimum absolute atomic E-state index is 0.00571. The molecule has 0 aliphatic carbocycles. The number of nitrogens with zero attached hydrogens (tertiary/aromatic N) is 3. The zero-order chi connectivity index (χ0) is 22.4. The first kappa shape index (κ1) is 23.1. The summed E-state index contributed by atoms with van der Waals surface area (Å²) in [6.07, 6.45) is 0.543. The molecule has 5 heteroatoms. The third kappa shape index (κ3) is 6.73. The van der Waals surface area contributed by atoms with E-state index in [2.05, 4.69) is 109 Å². The molecule has 1 aliphatic rings. The molecule has 0 saturated carbocycles. The largest absolute Gasteiger partial charge is 0.378 e. The molecule has 1 amide bonds. The van der Waals surface area contributed by atoms with Crippen molar-refractivity contribution in [1.29, 1.82) is 0 Å². The van der Waals surface area contributed by atoms with Crippen molar-refractivity contribution in [3.63, 3.8) is 0 Å². The van der Waals surface area contributed by atoms with Crippen LogP contribution in [0.3, 0.4) is 0 Å². The molecular formula is C26H38N4O. The molecule has 2 aromatic carbocycles. The van der Waals surface area contributed by atoms with Crippen molar-refractivity contribution in [3.05, 3.63) is 60.2 Å². The first-order chi connectivity index (χ1) is 14.7. The molecule has 0 bridgehead atoms. The minimum Gasteiger partial charge on any atom is -0.378 e. The topological polar surface area (TPSA) is 38.8 Å². The number of hydrogen-bond acceptors (Lipinski definition) is 4. The van der Waals surface area contributed by atoms with Gasteiger partial charge in [0.2, 0.25) is 5.91 Å². The van der Waals surface area contributed by atoms with E-state index in [1.807, 2.05) is 0 Å². The molecule has 0 radical (unpaired) electrons. The van der Waals surface area contributed by atoms with Crippen molar-refractivity contribution in [3.8, 4) is 0 Å². The summed E-state index contributed by atoms with van der Waals surface area (Å²) in [5.74, 6) is 0.130. The highest BCUT2D eigenvalue weighted by Gasteiger charge is 2.26. The van der Waals surface area contributed by atoms with Gasteiger partial charge in [0.25, 0.3) is 0 Å². The Bertz CT molecular complexity index is 819. The Balaban J connectivity index is 1.70. The maximum Gasteiger partial charge on any atom is 0.220 e. The minimum atomic E-state index is -0.00571. The number of hydrogen-bond donors (Lipinski definition) is 1. The van der Waals surface area contributed by atoms with Gasteiger partial charge >= 0.3 is 0 Å². The van der Waals surface area contributed by atoms with Crippen LogP contribution in [0.4, 0.5) is 11.4 Å². The van der Waals surface area contributed by atoms with Crippen LogP contribution in [-0.4, -0.2) is 57.6 Å². The molecule has 3 rings (SSSR count). The van der Waals surface area contributed by atoms with Crippen LogP contribution >= 0.6 is 0 Å². The van der Waals surface area contributed by atoms with E-state index in [9.17, 15) is 4.79 Å². The van der Waals surface area contributed by atoms with Gasteiger partial charge in [0.1, 0.15) is 0 Å². The number of piperazine rings is 1. The molecule has 0 aromatic heterocycles. The van der Waals surface area contributed by atoms with Gasteiger partial charge in [0.15, 0.2) is 0 Å². The molecule has 1 fully saturated rings. The molecule has 1 saturated heterocycles. The Morgan fingerprint density at radius 1 is 0.968 bits per heavy atom. The molecule has 2 aromatic rings. The van der Waals surface area contributed by atoms with E-state index in [0.717, 1.165) is 26.2 Å². The van der Waals surface area contributed by atoms with Crippen molar-refractivity contribution in [2.75, 3.05) is 56.6 Å². The Kier molecular flexibility index (Phi) is 7.60. The number of para-hydroxylation sites is 1. The van der Waals surface area contributed by atoms with Crippen LogP contribution in [-0.2, 0) is 4.79 Å². The number of rotatable bonds is 7. The molecule has 0 spiro atoms. The Morgan fingerprint density at radius 2 is 1.58 bits per heavy atom. The van der Waals surface area contributed by atoms with E-state index in [1.165, 1.54) is 16.9 Å². The van der Waals surface area contributed by atoms with Crippen molar-refractivity contribution in [1.82, 2.24) is 10.2 Å². The fourth-order valence-corrected chi connectivity index (χ4v) is 4.14. The first-order valence-electron chi connectivity index (χ1n) is 11.3. The van der Waals surface area contributed by atoms with Gasteiger partial charge in [-0.1, -0.05) is 51.1 Å². The Morgan fingerprint density at radius 3 is 2.13 bits per heavy atom. The lowest BCUT2D eigenvalue weighted by molar-refractivity contribution is -0.123.